The molecule has 0 rings (SSSR count). The Morgan fingerprint density at radius 2 is 1.40 bits per heavy atom. The van der Waals surface area contributed by atoms with Gasteiger partial charge in [0.2, 0.25) is 0 Å². The van der Waals surface area contributed by atoms with E-state index in [0.717, 1.165) is 0 Å². The fraction of sp³-hybridized carbons (Fsp3) is 0. The van der Waals surface area contributed by atoms with Gasteiger partial charge in [0.05, 0.1) is 0 Å². The van der Waals surface area contributed by atoms with E-state index in [-0.39, 0.29) is 20.4 Å². The minimum atomic E-state index is -3.69. The summed E-state index contributed by atoms with van der Waals surface area (Å²) < 4.78 is 24.4. The van der Waals surface area contributed by atoms with E-state index in [1.54, 1.807) is 0 Å². The van der Waals surface area contributed by atoms with E-state index in [4.69, 9.17) is 11.4 Å². The van der Waals surface area contributed by atoms with Gasteiger partial charge in [-0.3, -0.25) is 0 Å². The van der Waals surface area contributed by atoms with Gasteiger partial charge in [-0.2, -0.15) is 0 Å². The Morgan fingerprint density at radius 1 is 1.40 bits per heavy atom. The molecule has 0 saturated heterocycles. The maximum absolute atomic E-state index is 8.67. The van der Waals surface area contributed by atoms with Gasteiger partial charge in [0, 0.05) is 20.4 Å². The van der Waals surface area contributed by atoms with Gasteiger partial charge in [-0.1, -0.05) is 0 Å². The summed E-state index contributed by atoms with van der Waals surface area (Å²) in [6.07, 6.45) is 0. The summed E-state index contributed by atoms with van der Waals surface area (Å²) in [6, 6.07) is 0. The molecule has 0 aromatic rings. The topological polar surface area (TPSA) is 54.4 Å². The molecule has 0 unspecified atom stereocenters. The first-order chi connectivity index (χ1) is 1.73. The summed E-state index contributed by atoms with van der Waals surface area (Å²) in [6.45, 7) is 0. The first kappa shape index (κ1) is 9.26. The van der Waals surface area contributed by atoms with Crippen molar-refractivity contribution in [1.82, 2.24) is 0 Å². The zero-order valence-electron chi connectivity index (χ0n) is 2.09. The Balaban J connectivity index is 0. The molecule has 0 aliphatic rings. The van der Waals surface area contributed by atoms with Crippen LogP contribution in [0, 0.1) is 0 Å². The summed E-state index contributed by atoms with van der Waals surface area (Å²) in [4.78, 5) is 0. The molecule has 0 fully saturated rings. The van der Waals surface area contributed by atoms with Crippen molar-refractivity contribution in [1.29, 1.82) is 0 Å². The molecule has 0 spiro atoms. The summed E-state index contributed by atoms with van der Waals surface area (Å²) in [7, 11) is 0. The Kier molecular flexibility index (Phi) is 8.90. The predicted octanol–water partition coefficient (Wildman–Crippen LogP) is -0.800. The maximum atomic E-state index is 8.67. The number of rotatable bonds is 0. The second-order valence-electron chi connectivity index (χ2n) is 0.238. The van der Waals surface area contributed by atoms with Gasteiger partial charge in [-0.25, -0.2) is 0 Å². The second-order valence-corrected chi connectivity index (χ2v) is 0.981. The molecule has 0 aromatic heterocycles. The SMILES string of the molecule is [O]=[V](=[O])[OH].[Re]. The zero-order valence-corrected chi connectivity index (χ0v) is 6.20. The zero-order chi connectivity index (χ0) is 3.58. The van der Waals surface area contributed by atoms with E-state index in [9.17, 15) is 0 Å². The summed E-state index contributed by atoms with van der Waals surface area (Å²) in [5.74, 6) is 0. The number of hydrogen-bond donors (Lipinski definition) is 1. The fourth-order valence-electron chi connectivity index (χ4n) is 0. The molecule has 0 amide bonds. The van der Waals surface area contributed by atoms with Crippen LogP contribution in [0.25, 0.3) is 0 Å². The van der Waals surface area contributed by atoms with Gasteiger partial charge in [0.1, 0.15) is 0 Å². The van der Waals surface area contributed by atoms with E-state index in [1.807, 2.05) is 0 Å². The Hall–Kier alpha value is 0.807. The van der Waals surface area contributed by atoms with E-state index >= 15 is 0 Å². The van der Waals surface area contributed by atoms with Gasteiger partial charge in [0.25, 0.3) is 0 Å². The maximum Gasteiger partial charge on any atom is 0 e. The summed E-state index contributed by atoms with van der Waals surface area (Å²) >= 11 is -3.69. The average Bonchev–Trinajstić information content (AvgIpc) is 0.811. The van der Waals surface area contributed by atoms with Crippen molar-refractivity contribution in [2.24, 2.45) is 0 Å². The van der Waals surface area contributed by atoms with Gasteiger partial charge in [-0.05, 0) is 0 Å². The molecule has 3 nitrogen and oxygen atoms in total. The largest absolute Gasteiger partial charge is 0 e. The fourth-order valence-corrected chi connectivity index (χ4v) is 0. The van der Waals surface area contributed by atoms with E-state index in [2.05, 4.69) is 0 Å². The molecule has 0 aliphatic heterocycles. The van der Waals surface area contributed by atoms with E-state index < -0.39 is 15.4 Å². The molecule has 0 saturated carbocycles. The Labute approximate surface area is 47.4 Å². The summed E-state index contributed by atoms with van der Waals surface area (Å²) in [5.41, 5.74) is 0. The molecule has 1 radical (unpaired) electrons. The molecule has 0 aliphatic carbocycles. The van der Waals surface area contributed by atoms with Crippen LogP contribution in [0.3, 0.4) is 0 Å². The van der Waals surface area contributed by atoms with Crippen LogP contribution in [0.4, 0.5) is 0 Å². The molecule has 0 aromatic carbocycles. The molecule has 31 valence electrons. The van der Waals surface area contributed by atoms with Crippen LogP contribution < -0.4 is 0 Å². The van der Waals surface area contributed by atoms with Crippen LogP contribution in [0.5, 0.6) is 0 Å². The van der Waals surface area contributed by atoms with Crippen molar-refractivity contribution in [3.63, 3.8) is 0 Å². The van der Waals surface area contributed by atoms with Crippen molar-refractivity contribution in [3.05, 3.63) is 0 Å². The van der Waals surface area contributed by atoms with Crippen LogP contribution in [0.15, 0.2) is 0 Å². The quantitative estimate of drug-likeness (QED) is 0.634. The Bertz CT molecular complexity index is 55.3. The summed E-state index contributed by atoms with van der Waals surface area (Å²) in [5, 5.41) is 0. The molecular formula is HO3ReV. The normalized spacial score (nSPS) is 5.00. The standard InChI is InChI=1S/H2O.2O.Re.V/h1H2;;;;/q;;;;+1/p-1. The number of hydrogen-bond acceptors (Lipinski definition) is 2. The van der Waals surface area contributed by atoms with Crippen LogP contribution in [-0.4, -0.2) is 4.03 Å². The third kappa shape index (κ3) is 58.2. The van der Waals surface area contributed by atoms with Crippen LogP contribution in [0.2, 0.25) is 0 Å². The van der Waals surface area contributed by atoms with Gasteiger partial charge < -0.3 is 0 Å². The molecule has 1 N–H and O–H groups in total. The molecule has 0 bridgehead atoms. The molecule has 0 atom stereocenters. The van der Waals surface area contributed by atoms with Crippen LogP contribution >= 0.6 is 0 Å². The minimum absolute atomic E-state index is 0. The third-order valence-corrected chi connectivity index (χ3v) is 0. The van der Waals surface area contributed by atoms with Crippen LogP contribution in [-0.2, 0) is 43.2 Å². The first-order valence-electron chi connectivity index (χ1n) is 0.565. The van der Waals surface area contributed by atoms with Crippen molar-refractivity contribution < 1.29 is 47.2 Å². The van der Waals surface area contributed by atoms with E-state index in [0.29, 0.717) is 0 Å². The first-order valence-corrected chi connectivity index (χ1v) is 2.33. The van der Waals surface area contributed by atoms with Crippen molar-refractivity contribution >= 4 is 0 Å². The average molecular weight is 286 g/mol. The van der Waals surface area contributed by atoms with Gasteiger partial charge >= 0.3 is 26.8 Å². The van der Waals surface area contributed by atoms with Gasteiger partial charge in [-0.15, -0.1) is 0 Å². The van der Waals surface area contributed by atoms with Crippen molar-refractivity contribution in [2.75, 3.05) is 0 Å². The second kappa shape index (κ2) is 4.81. The van der Waals surface area contributed by atoms with Crippen molar-refractivity contribution in [3.8, 4) is 0 Å². The molecular weight excluding hydrogens is 285 g/mol. The van der Waals surface area contributed by atoms with Crippen molar-refractivity contribution in [2.45, 2.75) is 0 Å². The smallest absolute Gasteiger partial charge is 0 e. The third-order valence-electron chi connectivity index (χ3n) is 0. The van der Waals surface area contributed by atoms with Crippen LogP contribution in [0.1, 0.15) is 0 Å². The molecule has 5 heteroatoms. The molecule has 0 heterocycles. The minimum Gasteiger partial charge on any atom is 0 e. The van der Waals surface area contributed by atoms with E-state index in [1.165, 1.54) is 0 Å². The monoisotopic (exact) mass is 287 g/mol. The Morgan fingerprint density at radius 3 is 1.40 bits per heavy atom. The molecule has 5 heavy (non-hydrogen) atoms. The predicted molar refractivity (Wildman–Crippen MR) is 3.59 cm³/mol. The van der Waals surface area contributed by atoms with Gasteiger partial charge in [0.15, 0.2) is 0 Å².